The van der Waals surface area contributed by atoms with Gasteiger partial charge in [0.15, 0.2) is 11.7 Å². The number of alkyl halides is 2. The van der Waals surface area contributed by atoms with Crippen molar-refractivity contribution in [1.82, 2.24) is 29.7 Å². The smallest absolute Gasteiger partial charge is 0.253 e. The number of carbonyl (C=O) groups is 2. The molecule has 3 N–H and O–H groups in total. The fraction of sp³-hybridized carbons (Fsp3) is 0.425. The number of halogens is 7. The third kappa shape index (κ3) is 13.6. The van der Waals surface area contributed by atoms with Crippen molar-refractivity contribution in [2.75, 3.05) is 26.0 Å². The minimum absolute atomic E-state index is 0. The van der Waals surface area contributed by atoms with E-state index >= 15 is 8.78 Å². The predicted octanol–water partition coefficient (Wildman–Crippen LogP) is 7.52. The zero-order valence-electron chi connectivity index (χ0n) is 48.1. The van der Waals surface area contributed by atoms with E-state index in [0.29, 0.717) is 30.6 Å². The first-order chi connectivity index (χ1) is 33.9. The maximum Gasteiger partial charge on any atom is 0.253 e. The van der Waals surface area contributed by atoms with Crippen molar-refractivity contribution >= 4 is 47.4 Å². The van der Waals surface area contributed by atoms with Crippen LogP contribution in [0.25, 0.3) is 0 Å². The van der Waals surface area contributed by atoms with Gasteiger partial charge >= 0.3 is 0 Å². The number of aromatic nitrogens is 4. The average Bonchev–Trinajstić information content (AvgIpc) is 3.31. The van der Waals surface area contributed by atoms with Crippen LogP contribution in [0.4, 0.5) is 17.6 Å². The second-order valence-electron chi connectivity index (χ2n) is 11.6. The molecule has 4 heterocycles. The number of amides is 2. The monoisotopic (exact) mass is 884 g/mol. The van der Waals surface area contributed by atoms with Gasteiger partial charge in [-0.05, 0) is 86.9 Å². The van der Waals surface area contributed by atoms with Gasteiger partial charge in [-0.15, -0.1) is 12.4 Å². The van der Waals surface area contributed by atoms with Crippen molar-refractivity contribution in [2.45, 2.75) is 82.5 Å². The van der Waals surface area contributed by atoms with Gasteiger partial charge in [-0.3, -0.25) is 9.59 Å². The predicted molar refractivity (Wildman–Crippen MR) is 214 cm³/mol. The zero-order chi connectivity index (χ0) is 57.9. The van der Waals surface area contributed by atoms with Crippen molar-refractivity contribution in [2.24, 2.45) is 5.73 Å². The molecule has 11 nitrogen and oxygen atoms in total. The fourth-order valence-corrected chi connectivity index (χ4v) is 4.51. The molecule has 0 aliphatic carbocycles. The quantitative estimate of drug-likeness (QED) is 0.135. The first kappa shape index (κ1) is 27.3. The fourth-order valence-electron chi connectivity index (χ4n) is 4.15. The lowest BCUT2D eigenvalue weighted by Gasteiger charge is -2.37. The van der Waals surface area contributed by atoms with Crippen LogP contribution in [0, 0.1) is 36.8 Å². The lowest BCUT2D eigenvalue weighted by Crippen LogP contribution is -2.49. The number of nitriles is 1. The van der Waals surface area contributed by atoms with Crippen LogP contribution in [0.2, 0.25) is 10.0 Å². The molecule has 2 saturated heterocycles. The molecular weight excluding hydrogens is 823 g/mol. The molecule has 2 amide bonds. The number of benzene rings is 2. The van der Waals surface area contributed by atoms with E-state index in [0.717, 1.165) is 35.4 Å². The van der Waals surface area contributed by atoms with Crippen LogP contribution in [0.3, 0.4) is 0 Å². The van der Waals surface area contributed by atoms with E-state index in [-0.39, 0.29) is 29.6 Å². The molecule has 6 rings (SSSR count). The van der Waals surface area contributed by atoms with Gasteiger partial charge in [0.05, 0.1) is 24.0 Å². The normalized spacial score (nSPS) is 28.6. The van der Waals surface area contributed by atoms with Crippen LogP contribution in [-0.2, 0) is 13.0 Å². The SMILES string of the molecule is Cc1cnc(CN)nc1.Cl.[2H]C(CCc1ncc(C)cn1)C1(F)C([2H])([2H])C([2H])([2H])N(C(=O)c2ccc(F)c(Cl)c2)C([2H])([2H])C1([2H])[2H].[2H]C(O)(C#N)C1(F)C([2H])([2H])C([2H])([2H])N(C(=O)c2ccc(F)c(Cl)c2)C([2H])([2H])C1([2H])[2H]. The van der Waals surface area contributed by atoms with Crippen LogP contribution < -0.4 is 5.73 Å². The summed E-state index contributed by atoms with van der Waals surface area (Å²) in [7, 11) is 0. The van der Waals surface area contributed by atoms with Crippen molar-refractivity contribution in [3.63, 3.8) is 0 Å². The minimum atomic E-state index is -4.81. The van der Waals surface area contributed by atoms with Crippen molar-refractivity contribution in [3.05, 3.63) is 117 Å². The van der Waals surface area contributed by atoms with Gasteiger partial charge in [-0.25, -0.2) is 37.5 Å². The van der Waals surface area contributed by atoms with Crippen LogP contribution in [-0.4, -0.2) is 90.1 Å². The summed E-state index contributed by atoms with van der Waals surface area (Å²) in [5.41, 5.74) is -3.10. The molecular formula is C40H45Cl3F4N8O3. The first-order valence-electron chi connectivity index (χ1n) is 25.3. The van der Waals surface area contributed by atoms with Gasteiger partial charge in [0.1, 0.15) is 29.0 Å². The molecule has 312 valence electrons. The van der Waals surface area contributed by atoms with E-state index < -0.39 is 131 Å². The third-order valence-corrected chi connectivity index (χ3v) is 7.77. The molecule has 0 saturated carbocycles. The largest absolute Gasteiger partial charge is 0.375 e. The molecule has 58 heavy (non-hydrogen) atoms. The first-order valence-corrected chi connectivity index (χ1v) is 17.0. The summed E-state index contributed by atoms with van der Waals surface area (Å²) in [6, 6.07) is 4.93. The number of nitrogens with two attached hydrogens (primary N) is 1. The Hall–Kier alpha value is -4.46. The Morgan fingerprint density at radius 1 is 0.879 bits per heavy atom. The summed E-state index contributed by atoms with van der Waals surface area (Å²) < 4.78 is 204. The number of hydrogen-bond donors (Lipinski definition) is 2. The summed E-state index contributed by atoms with van der Waals surface area (Å²) in [5, 5.41) is 17.5. The Balaban J connectivity index is 0.000000343. The highest BCUT2D eigenvalue weighted by atomic mass is 35.5. The van der Waals surface area contributed by atoms with Crippen LogP contribution in [0.15, 0.2) is 61.2 Å². The van der Waals surface area contributed by atoms with Crippen molar-refractivity contribution in [3.8, 4) is 6.07 Å². The Labute approximate surface area is 376 Å². The lowest BCUT2D eigenvalue weighted by atomic mass is 9.88. The molecule has 2 unspecified atom stereocenters. The number of aliphatic hydroxyl groups is 1. The van der Waals surface area contributed by atoms with Gasteiger partial charge in [0, 0.05) is 104 Å². The minimum Gasteiger partial charge on any atom is -0.375 e. The highest BCUT2D eigenvalue weighted by Crippen LogP contribution is 2.33. The molecule has 2 aliphatic rings. The standard InChI is InChI=1S/C20H22ClF2N3O.C14H13ClF2N2O2.C6H9N3.ClH/c1-14-12-24-18(25-13-14)3-2-6-20(23)7-9-26(10-8-20)19(27)15-4-5-17(22)16(21)11-15;15-10-7-9(1-2-11(10)16)13(21)19-5-3-14(17,4-6-19)12(20)8-18;1-5-3-8-6(2-7)9-4-5;/h4-5,11-13H,2-3,6-10H2,1H3;1-2,7,12,20H,3-6H2;3-4H,2,7H2,1H3;1H/i6D,7D2,8D2,9D2,10D2;3D2,4D2,5D2,6D2,12D;;. The van der Waals surface area contributed by atoms with Crippen molar-refractivity contribution < 1.29 is 56.9 Å². The molecule has 2 aromatic carbocycles. The maximum absolute atomic E-state index is 16.6. The second-order valence-corrected chi connectivity index (χ2v) is 12.4. The Kier molecular flexibility index (Phi) is 10.4. The Bertz CT molecular complexity index is 2790. The van der Waals surface area contributed by atoms with E-state index in [4.69, 9.17) is 58.9 Å². The number of nitrogens with zero attached hydrogens (tertiary/aromatic N) is 7. The molecule has 18 heteroatoms. The number of piperidine rings is 2. The topological polar surface area (TPSA) is 162 Å². The van der Waals surface area contributed by atoms with E-state index in [9.17, 15) is 23.5 Å². The lowest BCUT2D eigenvalue weighted by molar-refractivity contribution is -0.0201. The van der Waals surface area contributed by atoms with Gasteiger partial charge in [-0.2, -0.15) is 5.26 Å². The average molecular weight is 886 g/mol. The zero-order valence-corrected chi connectivity index (χ0v) is 32.4. The summed E-state index contributed by atoms with van der Waals surface area (Å²) in [4.78, 5) is 40.9. The molecule has 2 aliphatic heterocycles. The Morgan fingerprint density at radius 2 is 1.29 bits per heavy atom. The molecule has 2 atom stereocenters. The molecule has 2 fully saturated rings. The number of rotatable bonds is 8. The highest BCUT2D eigenvalue weighted by molar-refractivity contribution is 6.31. The number of aryl methyl sites for hydroxylation is 3. The van der Waals surface area contributed by atoms with Gasteiger partial charge < -0.3 is 20.6 Å². The third-order valence-electron chi connectivity index (χ3n) is 7.20. The highest BCUT2D eigenvalue weighted by Gasteiger charge is 2.42. The van der Waals surface area contributed by atoms with Crippen LogP contribution in [0.5, 0.6) is 0 Å². The molecule has 4 aromatic rings. The van der Waals surface area contributed by atoms with Gasteiger partial charge in [0.25, 0.3) is 11.8 Å². The van der Waals surface area contributed by atoms with E-state index in [2.05, 4.69) is 19.9 Å². The molecule has 2 aromatic heterocycles. The second kappa shape index (κ2) is 22.1. The summed E-state index contributed by atoms with van der Waals surface area (Å²) >= 11 is 11.2. The summed E-state index contributed by atoms with van der Waals surface area (Å²) in [5.74, 6) is -4.42. The molecule has 0 bridgehead atoms. The summed E-state index contributed by atoms with van der Waals surface area (Å²) in [6.07, 6.45) is -17.5. The van der Waals surface area contributed by atoms with E-state index in [1.807, 2.05) is 6.92 Å². The Morgan fingerprint density at radius 3 is 1.69 bits per heavy atom. The van der Waals surface area contributed by atoms with Crippen LogP contribution >= 0.6 is 35.6 Å². The number of carbonyl (C=O) groups excluding carboxylic acids is 2. The number of likely N-dealkylation sites (tertiary alicyclic amines) is 2. The van der Waals surface area contributed by atoms with Gasteiger partial charge in [0.2, 0.25) is 0 Å². The molecule has 0 spiro atoms. The van der Waals surface area contributed by atoms with E-state index in [1.54, 1.807) is 19.3 Å². The van der Waals surface area contributed by atoms with Crippen LogP contribution in [0.1, 0.15) is 106 Å². The van der Waals surface area contributed by atoms with E-state index in [1.165, 1.54) is 12.4 Å². The van der Waals surface area contributed by atoms with Crippen molar-refractivity contribution in [1.29, 1.82) is 5.26 Å². The summed E-state index contributed by atoms with van der Waals surface area (Å²) in [6.45, 7) is -11.6. The number of hydrogen-bond acceptors (Lipinski definition) is 9. The maximum atomic E-state index is 16.6. The van der Waals surface area contributed by atoms with Gasteiger partial charge in [-0.1, -0.05) is 23.2 Å². The molecule has 0 radical (unpaired) electrons.